The summed E-state index contributed by atoms with van der Waals surface area (Å²) in [7, 11) is 0. The molecule has 0 spiro atoms. The minimum absolute atomic E-state index is 0.288. The zero-order valence-electron chi connectivity index (χ0n) is 10.3. The van der Waals surface area contributed by atoms with Crippen molar-refractivity contribution in [3.8, 4) is 0 Å². The largest absolute Gasteiger partial charge is 0.481 e. The number of carboxylic acid groups (broad SMARTS) is 2. The second-order valence-electron chi connectivity index (χ2n) is 4.60. The normalized spacial score (nSPS) is 16.4. The minimum Gasteiger partial charge on any atom is -0.481 e. The van der Waals surface area contributed by atoms with Gasteiger partial charge in [-0.05, 0) is 18.3 Å². The Bertz CT molecular complexity index is 249. The standard InChI is InChI=1S/C12H22O4/c1-4-6-7-12(3,5-2)9(11(15)16)8-10(13)14/h9H,4-8H2,1-3H3,(H,13,14)(H,15,16). The summed E-state index contributed by atoms with van der Waals surface area (Å²) in [5, 5.41) is 17.9. The van der Waals surface area contributed by atoms with E-state index in [-0.39, 0.29) is 6.42 Å². The van der Waals surface area contributed by atoms with E-state index in [2.05, 4.69) is 0 Å². The molecule has 4 nitrogen and oxygen atoms in total. The third-order valence-electron chi connectivity index (χ3n) is 3.43. The lowest BCUT2D eigenvalue weighted by atomic mass is 9.70. The van der Waals surface area contributed by atoms with Crippen LogP contribution in [0, 0.1) is 11.3 Å². The van der Waals surface area contributed by atoms with Crippen molar-refractivity contribution in [1.82, 2.24) is 0 Å². The first-order valence-corrected chi connectivity index (χ1v) is 5.82. The number of hydrogen-bond acceptors (Lipinski definition) is 2. The molecule has 0 heterocycles. The van der Waals surface area contributed by atoms with Crippen LogP contribution in [-0.4, -0.2) is 22.2 Å². The number of aliphatic carboxylic acids is 2. The molecular weight excluding hydrogens is 208 g/mol. The van der Waals surface area contributed by atoms with E-state index in [1.165, 1.54) is 0 Å². The number of hydrogen-bond donors (Lipinski definition) is 2. The van der Waals surface area contributed by atoms with Gasteiger partial charge in [-0.3, -0.25) is 9.59 Å². The molecule has 0 bridgehead atoms. The predicted molar refractivity (Wildman–Crippen MR) is 61.3 cm³/mol. The highest BCUT2D eigenvalue weighted by molar-refractivity contribution is 5.78. The van der Waals surface area contributed by atoms with E-state index in [1.807, 2.05) is 20.8 Å². The van der Waals surface area contributed by atoms with Gasteiger partial charge in [0, 0.05) is 0 Å². The van der Waals surface area contributed by atoms with Crippen molar-refractivity contribution in [1.29, 1.82) is 0 Å². The average molecular weight is 230 g/mol. The number of carbonyl (C=O) groups is 2. The monoisotopic (exact) mass is 230 g/mol. The van der Waals surface area contributed by atoms with Gasteiger partial charge in [0.05, 0.1) is 12.3 Å². The first kappa shape index (κ1) is 14.9. The van der Waals surface area contributed by atoms with Gasteiger partial charge in [-0.15, -0.1) is 0 Å². The highest BCUT2D eigenvalue weighted by atomic mass is 16.4. The Morgan fingerprint density at radius 1 is 1.25 bits per heavy atom. The van der Waals surface area contributed by atoms with E-state index in [1.54, 1.807) is 0 Å². The highest BCUT2D eigenvalue weighted by Crippen LogP contribution is 2.38. The molecule has 94 valence electrons. The molecule has 2 atom stereocenters. The maximum absolute atomic E-state index is 11.1. The molecule has 0 fully saturated rings. The van der Waals surface area contributed by atoms with Gasteiger partial charge in [0.25, 0.3) is 0 Å². The van der Waals surface area contributed by atoms with Crippen molar-refractivity contribution in [2.75, 3.05) is 0 Å². The molecule has 0 amide bonds. The summed E-state index contributed by atoms with van der Waals surface area (Å²) in [6.07, 6.45) is 3.10. The van der Waals surface area contributed by atoms with Crippen LogP contribution in [0.4, 0.5) is 0 Å². The van der Waals surface area contributed by atoms with Gasteiger partial charge in [-0.2, -0.15) is 0 Å². The molecule has 0 saturated carbocycles. The summed E-state index contributed by atoms with van der Waals surface area (Å²) < 4.78 is 0. The van der Waals surface area contributed by atoms with E-state index in [4.69, 9.17) is 10.2 Å². The summed E-state index contributed by atoms with van der Waals surface area (Å²) in [6, 6.07) is 0. The van der Waals surface area contributed by atoms with Gasteiger partial charge in [0.2, 0.25) is 0 Å². The average Bonchev–Trinajstić information content (AvgIpc) is 2.22. The van der Waals surface area contributed by atoms with Gasteiger partial charge in [0.15, 0.2) is 0 Å². The molecule has 0 aromatic heterocycles. The Kier molecular flexibility index (Phi) is 6.08. The van der Waals surface area contributed by atoms with Gasteiger partial charge in [0.1, 0.15) is 0 Å². The zero-order valence-corrected chi connectivity index (χ0v) is 10.3. The minimum atomic E-state index is -1.04. The van der Waals surface area contributed by atoms with E-state index >= 15 is 0 Å². The fourth-order valence-corrected chi connectivity index (χ4v) is 1.98. The van der Waals surface area contributed by atoms with Crippen molar-refractivity contribution in [2.45, 2.75) is 52.9 Å². The van der Waals surface area contributed by atoms with Crippen molar-refractivity contribution in [3.63, 3.8) is 0 Å². The third-order valence-corrected chi connectivity index (χ3v) is 3.43. The summed E-state index contributed by atoms with van der Waals surface area (Å²) in [6.45, 7) is 5.85. The van der Waals surface area contributed by atoms with Crippen LogP contribution in [0.25, 0.3) is 0 Å². The highest BCUT2D eigenvalue weighted by Gasteiger charge is 2.38. The molecule has 2 unspecified atom stereocenters. The molecular formula is C12H22O4. The van der Waals surface area contributed by atoms with E-state index in [9.17, 15) is 9.59 Å². The molecule has 0 aromatic rings. The van der Waals surface area contributed by atoms with Crippen LogP contribution in [0.5, 0.6) is 0 Å². The number of unbranched alkanes of at least 4 members (excludes halogenated alkanes) is 1. The summed E-state index contributed by atoms with van der Waals surface area (Å²) in [4.78, 5) is 21.8. The third kappa shape index (κ3) is 4.21. The van der Waals surface area contributed by atoms with Gasteiger partial charge in [-0.1, -0.05) is 33.6 Å². The maximum atomic E-state index is 11.1. The van der Waals surface area contributed by atoms with Gasteiger partial charge >= 0.3 is 11.9 Å². The van der Waals surface area contributed by atoms with Crippen molar-refractivity contribution < 1.29 is 19.8 Å². The topological polar surface area (TPSA) is 74.6 Å². The number of rotatable bonds is 8. The van der Waals surface area contributed by atoms with Crippen LogP contribution >= 0.6 is 0 Å². The molecule has 4 heteroatoms. The van der Waals surface area contributed by atoms with Crippen LogP contribution in [0.15, 0.2) is 0 Å². The van der Waals surface area contributed by atoms with E-state index in [0.29, 0.717) is 6.42 Å². The second kappa shape index (κ2) is 6.51. The van der Waals surface area contributed by atoms with Crippen molar-refractivity contribution >= 4 is 11.9 Å². The van der Waals surface area contributed by atoms with Crippen LogP contribution < -0.4 is 0 Å². The first-order valence-electron chi connectivity index (χ1n) is 5.82. The molecule has 0 aromatic carbocycles. The van der Waals surface area contributed by atoms with E-state index < -0.39 is 23.3 Å². The lowest BCUT2D eigenvalue weighted by Crippen LogP contribution is -2.34. The molecule has 0 saturated heterocycles. The Balaban J connectivity index is 4.80. The number of carboxylic acids is 2. The molecule has 0 radical (unpaired) electrons. The lowest BCUT2D eigenvalue weighted by molar-refractivity contribution is -0.153. The quantitative estimate of drug-likeness (QED) is 0.672. The van der Waals surface area contributed by atoms with Gasteiger partial charge < -0.3 is 10.2 Å². The molecule has 0 rings (SSSR count). The fraction of sp³-hybridized carbons (Fsp3) is 0.833. The molecule has 2 N–H and O–H groups in total. The maximum Gasteiger partial charge on any atom is 0.307 e. The Morgan fingerprint density at radius 2 is 1.81 bits per heavy atom. The van der Waals surface area contributed by atoms with Crippen molar-refractivity contribution in [2.24, 2.45) is 11.3 Å². The molecule has 16 heavy (non-hydrogen) atoms. The molecule has 0 aliphatic rings. The van der Waals surface area contributed by atoms with Gasteiger partial charge in [-0.25, -0.2) is 0 Å². The fourth-order valence-electron chi connectivity index (χ4n) is 1.98. The van der Waals surface area contributed by atoms with Crippen LogP contribution in [0.1, 0.15) is 52.9 Å². The zero-order chi connectivity index (χ0) is 12.8. The summed E-state index contributed by atoms with van der Waals surface area (Å²) >= 11 is 0. The molecule has 0 aliphatic heterocycles. The first-order chi connectivity index (χ1) is 7.37. The van der Waals surface area contributed by atoms with Crippen LogP contribution in [0.2, 0.25) is 0 Å². The van der Waals surface area contributed by atoms with Crippen LogP contribution in [-0.2, 0) is 9.59 Å². The lowest BCUT2D eigenvalue weighted by Gasteiger charge is -2.33. The second-order valence-corrected chi connectivity index (χ2v) is 4.60. The smallest absolute Gasteiger partial charge is 0.307 e. The Labute approximate surface area is 96.7 Å². The summed E-state index contributed by atoms with van der Waals surface area (Å²) in [5.41, 5.74) is -0.416. The Hall–Kier alpha value is -1.06. The predicted octanol–water partition coefficient (Wildman–Crippen LogP) is 2.77. The van der Waals surface area contributed by atoms with Crippen LogP contribution in [0.3, 0.4) is 0 Å². The Morgan fingerprint density at radius 3 is 2.12 bits per heavy atom. The summed E-state index contributed by atoms with van der Waals surface area (Å²) in [5.74, 6) is -2.83. The van der Waals surface area contributed by atoms with E-state index in [0.717, 1.165) is 19.3 Å². The van der Waals surface area contributed by atoms with Crippen molar-refractivity contribution in [3.05, 3.63) is 0 Å². The SMILES string of the molecule is CCCCC(C)(CC)C(CC(=O)O)C(=O)O. The molecule has 0 aliphatic carbocycles.